The standard InChI is InChI=1S/C23H19F4NO2/c1-15(18-9-12-20(21(24)13-18)17-5-3-2-4-6-17)22(29)28-14-16-7-10-19(11-8-16)30-23(25,26)27/h2-13,15H,14H2,1H3,(H,28,29). The lowest BCUT2D eigenvalue weighted by atomic mass is 9.96. The average Bonchev–Trinajstić information content (AvgIpc) is 2.72. The van der Waals surface area contributed by atoms with Crippen molar-refractivity contribution in [2.24, 2.45) is 0 Å². The molecular weight excluding hydrogens is 398 g/mol. The van der Waals surface area contributed by atoms with Crippen molar-refractivity contribution in [3.8, 4) is 16.9 Å². The van der Waals surface area contributed by atoms with Gasteiger partial charge in [-0.3, -0.25) is 4.79 Å². The number of carbonyl (C=O) groups excluding carboxylic acids is 1. The predicted octanol–water partition coefficient (Wildman–Crippen LogP) is 5.81. The molecule has 156 valence electrons. The van der Waals surface area contributed by atoms with E-state index in [1.54, 1.807) is 31.2 Å². The molecule has 0 aliphatic carbocycles. The van der Waals surface area contributed by atoms with Gasteiger partial charge in [0.05, 0.1) is 5.92 Å². The van der Waals surface area contributed by atoms with E-state index in [0.717, 1.165) is 5.56 Å². The van der Waals surface area contributed by atoms with Gasteiger partial charge in [-0.05, 0) is 41.8 Å². The van der Waals surface area contributed by atoms with Gasteiger partial charge >= 0.3 is 6.36 Å². The molecule has 1 unspecified atom stereocenters. The SMILES string of the molecule is CC(C(=O)NCc1ccc(OC(F)(F)F)cc1)c1ccc(-c2ccccc2)c(F)c1. The number of hydrogen-bond donors (Lipinski definition) is 1. The highest BCUT2D eigenvalue weighted by molar-refractivity contribution is 5.83. The Hall–Kier alpha value is -3.35. The van der Waals surface area contributed by atoms with Gasteiger partial charge in [-0.2, -0.15) is 0 Å². The maximum atomic E-state index is 14.5. The fraction of sp³-hybridized carbons (Fsp3) is 0.174. The van der Waals surface area contributed by atoms with Crippen molar-refractivity contribution in [1.29, 1.82) is 0 Å². The van der Waals surface area contributed by atoms with Crippen LogP contribution in [0.2, 0.25) is 0 Å². The van der Waals surface area contributed by atoms with E-state index in [4.69, 9.17) is 0 Å². The molecule has 30 heavy (non-hydrogen) atoms. The lowest BCUT2D eigenvalue weighted by Gasteiger charge is -2.14. The van der Waals surface area contributed by atoms with E-state index in [-0.39, 0.29) is 18.2 Å². The van der Waals surface area contributed by atoms with Gasteiger partial charge in [0.25, 0.3) is 0 Å². The van der Waals surface area contributed by atoms with Crippen LogP contribution in [0.15, 0.2) is 72.8 Å². The quantitative estimate of drug-likeness (QED) is 0.514. The molecule has 0 saturated carbocycles. The van der Waals surface area contributed by atoms with Gasteiger partial charge in [-0.1, -0.05) is 54.6 Å². The molecule has 0 saturated heterocycles. The predicted molar refractivity (Wildman–Crippen MR) is 105 cm³/mol. The molecule has 0 fully saturated rings. The highest BCUT2D eigenvalue weighted by atomic mass is 19.4. The minimum absolute atomic E-state index is 0.125. The molecule has 3 aromatic carbocycles. The van der Waals surface area contributed by atoms with Crippen LogP contribution in [0.25, 0.3) is 11.1 Å². The molecule has 3 aromatic rings. The Morgan fingerprint density at radius 3 is 2.27 bits per heavy atom. The van der Waals surface area contributed by atoms with Crippen molar-refractivity contribution in [3.05, 3.63) is 89.7 Å². The summed E-state index contributed by atoms with van der Waals surface area (Å²) in [6.07, 6.45) is -4.75. The van der Waals surface area contributed by atoms with Crippen LogP contribution in [0.4, 0.5) is 17.6 Å². The lowest BCUT2D eigenvalue weighted by molar-refractivity contribution is -0.274. The molecule has 0 aromatic heterocycles. The monoisotopic (exact) mass is 417 g/mol. The summed E-state index contributed by atoms with van der Waals surface area (Å²) in [4.78, 5) is 12.4. The Labute approximate surface area is 171 Å². The third-order valence-electron chi connectivity index (χ3n) is 4.59. The molecular formula is C23H19F4NO2. The van der Waals surface area contributed by atoms with Gasteiger partial charge < -0.3 is 10.1 Å². The van der Waals surface area contributed by atoms with E-state index >= 15 is 0 Å². The number of hydrogen-bond acceptors (Lipinski definition) is 2. The molecule has 3 rings (SSSR count). The van der Waals surface area contributed by atoms with Gasteiger partial charge in [0.15, 0.2) is 0 Å². The van der Waals surface area contributed by atoms with Gasteiger partial charge in [-0.15, -0.1) is 13.2 Å². The minimum Gasteiger partial charge on any atom is -0.406 e. The maximum Gasteiger partial charge on any atom is 0.573 e. The Morgan fingerprint density at radius 1 is 1.00 bits per heavy atom. The topological polar surface area (TPSA) is 38.3 Å². The Kier molecular flexibility index (Phi) is 6.40. The van der Waals surface area contributed by atoms with Crippen molar-refractivity contribution < 1.29 is 27.1 Å². The Balaban J connectivity index is 1.61. The summed E-state index contributed by atoms with van der Waals surface area (Å²) in [5.74, 6) is -1.67. The van der Waals surface area contributed by atoms with Crippen LogP contribution in [-0.4, -0.2) is 12.3 Å². The fourth-order valence-electron chi connectivity index (χ4n) is 2.96. The maximum absolute atomic E-state index is 14.5. The number of halogens is 4. The second kappa shape index (κ2) is 8.98. The van der Waals surface area contributed by atoms with Crippen molar-refractivity contribution in [3.63, 3.8) is 0 Å². The summed E-state index contributed by atoms with van der Waals surface area (Å²) in [7, 11) is 0. The van der Waals surface area contributed by atoms with Crippen LogP contribution >= 0.6 is 0 Å². The first-order valence-electron chi connectivity index (χ1n) is 9.20. The van der Waals surface area contributed by atoms with Crippen molar-refractivity contribution >= 4 is 5.91 Å². The molecule has 1 N–H and O–H groups in total. The third-order valence-corrected chi connectivity index (χ3v) is 4.59. The number of carbonyl (C=O) groups is 1. The number of ether oxygens (including phenoxy) is 1. The summed E-state index contributed by atoms with van der Waals surface area (Å²) in [5.41, 5.74) is 2.33. The average molecular weight is 417 g/mol. The van der Waals surface area contributed by atoms with E-state index in [1.807, 2.05) is 18.2 Å². The molecule has 0 aliphatic heterocycles. The summed E-state index contributed by atoms with van der Waals surface area (Å²) in [5, 5.41) is 2.71. The summed E-state index contributed by atoms with van der Waals surface area (Å²) in [6, 6.07) is 19.0. The second-order valence-electron chi connectivity index (χ2n) is 6.74. The second-order valence-corrected chi connectivity index (χ2v) is 6.74. The highest BCUT2D eigenvalue weighted by Gasteiger charge is 2.30. The van der Waals surface area contributed by atoms with Gasteiger partial charge in [0, 0.05) is 12.1 Å². The zero-order chi connectivity index (χ0) is 21.7. The number of amides is 1. The minimum atomic E-state index is -4.75. The van der Waals surface area contributed by atoms with Gasteiger partial charge in [0.1, 0.15) is 11.6 Å². The molecule has 7 heteroatoms. The number of nitrogens with one attached hydrogen (secondary N) is 1. The fourth-order valence-corrected chi connectivity index (χ4v) is 2.96. The lowest BCUT2D eigenvalue weighted by Crippen LogP contribution is -2.27. The largest absolute Gasteiger partial charge is 0.573 e. The van der Waals surface area contributed by atoms with E-state index in [0.29, 0.717) is 16.7 Å². The first-order valence-corrected chi connectivity index (χ1v) is 9.20. The summed E-state index contributed by atoms with van der Waals surface area (Å²) < 4.78 is 54.9. The van der Waals surface area contributed by atoms with Crippen LogP contribution < -0.4 is 10.1 Å². The van der Waals surface area contributed by atoms with Crippen molar-refractivity contribution in [2.75, 3.05) is 0 Å². The molecule has 1 atom stereocenters. The van der Waals surface area contributed by atoms with Gasteiger partial charge in [0.2, 0.25) is 5.91 Å². The molecule has 0 radical (unpaired) electrons. The molecule has 0 aliphatic rings. The Morgan fingerprint density at radius 2 is 1.67 bits per heavy atom. The number of alkyl halides is 3. The molecule has 3 nitrogen and oxygen atoms in total. The Bertz CT molecular complexity index is 1000. The normalized spacial score (nSPS) is 12.3. The van der Waals surface area contributed by atoms with E-state index in [2.05, 4.69) is 10.1 Å². The zero-order valence-electron chi connectivity index (χ0n) is 16.0. The highest BCUT2D eigenvalue weighted by Crippen LogP contribution is 2.26. The van der Waals surface area contributed by atoms with Crippen molar-refractivity contribution in [2.45, 2.75) is 25.7 Å². The van der Waals surface area contributed by atoms with Crippen molar-refractivity contribution in [1.82, 2.24) is 5.32 Å². The molecule has 1 amide bonds. The third kappa shape index (κ3) is 5.59. The number of benzene rings is 3. The van der Waals surface area contributed by atoms with Crippen LogP contribution in [-0.2, 0) is 11.3 Å². The van der Waals surface area contributed by atoms with E-state index in [9.17, 15) is 22.4 Å². The van der Waals surface area contributed by atoms with E-state index in [1.165, 1.54) is 30.3 Å². The van der Waals surface area contributed by atoms with Crippen LogP contribution in [0.1, 0.15) is 24.0 Å². The molecule has 0 heterocycles. The summed E-state index contributed by atoms with van der Waals surface area (Å²) >= 11 is 0. The van der Waals surface area contributed by atoms with E-state index < -0.39 is 18.1 Å². The first kappa shape index (κ1) is 21.4. The smallest absolute Gasteiger partial charge is 0.406 e. The summed E-state index contributed by atoms with van der Waals surface area (Å²) in [6.45, 7) is 1.78. The molecule has 0 spiro atoms. The van der Waals surface area contributed by atoms with Gasteiger partial charge in [-0.25, -0.2) is 4.39 Å². The van der Waals surface area contributed by atoms with Crippen LogP contribution in [0.5, 0.6) is 5.75 Å². The molecule has 0 bridgehead atoms. The van der Waals surface area contributed by atoms with Crippen LogP contribution in [0.3, 0.4) is 0 Å². The zero-order valence-corrected chi connectivity index (χ0v) is 16.0. The first-order chi connectivity index (χ1) is 14.2. The number of rotatable bonds is 6. The van der Waals surface area contributed by atoms with Crippen LogP contribution in [0, 0.1) is 5.82 Å².